The average molecular weight is 628 g/mol. The smallest absolute Gasteiger partial charge is 0.427 e. The molecule has 1 fully saturated rings. The zero-order valence-corrected chi connectivity index (χ0v) is 26.3. The molecule has 2 heterocycles. The van der Waals surface area contributed by atoms with Gasteiger partial charge in [0, 0.05) is 38.6 Å². The molecule has 2 atom stereocenters. The highest BCUT2D eigenvalue weighted by Gasteiger charge is 2.47. The van der Waals surface area contributed by atoms with Crippen molar-refractivity contribution < 1.29 is 19.4 Å². The Bertz CT molecular complexity index is 2420. The highest BCUT2D eigenvalue weighted by Crippen LogP contribution is 2.46. The van der Waals surface area contributed by atoms with Gasteiger partial charge in [-0.25, -0.2) is 0 Å². The molecule has 6 aromatic rings. The quantitative estimate of drug-likeness (QED) is 0.217. The van der Waals surface area contributed by atoms with Gasteiger partial charge in [0.05, 0.1) is 31.6 Å². The number of anilines is 3. The van der Waals surface area contributed by atoms with E-state index in [0.29, 0.717) is 16.1 Å². The Kier molecular flexibility index (Phi) is 6.48. The van der Waals surface area contributed by atoms with Crippen LogP contribution in [0.3, 0.4) is 0 Å². The number of nitrogens with zero attached hydrogens (tertiary/aromatic N) is 1. The predicted octanol–water partition coefficient (Wildman–Crippen LogP) is 3.56. The van der Waals surface area contributed by atoms with E-state index in [1.807, 2.05) is 97.1 Å². The largest absolute Gasteiger partial charge is 0.497 e. The second-order valence-corrected chi connectivity index (χ2v) is 12.4. The fraction of sp³-hybridized carbons (Fsp3) is 0.105. The van der Waals surface area contributed by atoms with Crippen LogP contribution in [-0.2, 0) is 4.79 Å². The van der Waals surface area contributed by atoms with Crippen molar-refractivity contribution >= 4 is 74.9 Å². The molecule has 8 nitrogen and oxygen atoms in total. The van der Waals surface area contributed by atoms with Crippen molar-refractivity contribution in [2.24, 2.45) is 4.90 Å². The molecule has 9 rings (SSSR count). The maximum absolute atomic E-state index is 14.3. The molecular weight excluding hydrogens is 598 g/mol. The van der Waals surface area contributed by atoms with E-state index in [1.54, 1.807) is 14.2 Å². The first-order valence-corrected chi connectivity index (χ1v) is 16.0. The summed E-state index contributed by atoms with van der Waals surface area (Å²) >= 11 is 0. The van der Waals surface area contributed by atoms with Crippen LogP contribution in [-0.4, -0.2) is 45.2 Å². The van der Waals surface area contributed by atoms with Gasteiger partial charge in [-0.3, -0.25) is 4.79 Å². The summed E-state index contributed by atoms with van der Waals surface area (Å²) < 4.78 is 10.7. The van der Waals surface area contributed by atoms with Gasteiger partial charge in [-0.15, -0.1) is 0 Å². The van der Waals surface area contributed by atoms with E-state index in [-0.39, 0.29) is 19.7 Å². The van der Waals surface area contributed by atoms with Crippen molar-refractivity contribution in [3.63, 3.8) is 0 Å². The Morgan fingerprint density at radius 1 is 0.688 bits per heavy atom. The van der Waals surface area contributed by atoms with Crippen LogP contribution in [0.25, 0.3) is 27.1 Å². The Labute approximate surface area is 277 Å². The van der Waals surface area contributed by atoms with Crippen molar-refractivity contribution in [3.8, 4) is 11.5 Å². The number of rotatable bonds is 5. The van der Waals surface area contributed by atoms with Crippen molar-refractivity contribution in [3.05, 3.63) is 125 Å². The molecule has 0 bridgehead atoms. The first kappa shape index (κ1) is 28.5. The van der Waals surface area contributed by atoms with Gasteiger partial charge in [0.25, 0.3) is 0 Å². The van der Waals surface area contributed by atoms with Crippen LogP contribution >= 0.6 is 0 Å². The van der Waals surface area contributed by atoms with E-state index in [1.165, 1.54) is 0 Å². The topological polar surface area (TPSA) is 104 Å². The highest BCUT2D eigenvalue weighted by atomic mass is 16.5. The molecule has 232 valence electrons. The fourth-order valence-corrected chi connectivity index (χ4v) is 7.44. The number of aliphatic hydroxyl groups excluding tert-OH is 1. The van der Waals surface area contributed by atoms with Gasteiger partial charge >= 0.3 is 14.0 Å². The molecule has 4 N–H and O–H groups in total. The number of carbonyl (C=O) groups excluding carboxylic acids is 1. The molecule has 3 aliphatic rings. The van der Waals surface area contributed by atoms with E-state index in [9.17, 15) is 9.90 Å². The van der Waals surface area contributed by atoms with Crippen LogP contribution in [0.2, 0.25) is 0 Å². The molecule has 1 aliphatic carbocycles. The number of aliphatic hydroxyl groups is 1. The van der Waals surface area contributed by atoms with Gasteiger partial charge in [0.1, 0.15) is 11.5 Å². The van der Waals surface area contributed by atoms with E-state index in [2.05, 4.69) is 27.8 Å². The molecule has 2 aliphatic heterocycles. The van der Waals surface area contributed by atoms with Crippen molar-refractivity contribution in [1.29, 1.82) is 0 Å². The van der Waals surface area contributed by atoms with Crippen LogP contribution in [0.4, 0.5) is 17.1 Å². The van der Waals surface area contributed by atoms with E-state index in [0.717, 1.165) is 66.6 Å². The van der Waals surface area contributed by atoms with Gasteiger partial charge in [0.2, 0.25) is 0 Å². The predicted molar refractivity (Wildman–Crippen MR) is 193 cm³/mol. The summed E-state index contributed by atoms with van der Waals surface area (Å²) in [5.74, 6) is 0.733. The fourth-order valence-electron chi connectivity index (χ4n) is 7.44. The number of ketones is 1. The first-order valence-electron chi connectivity index (χ1n) is 16.0. The van der Waals surface area contributed by atoms with Crippen LogP contribution in [0, 0.1) is 0 Å². The monoisotopic (exact) mass is 628 g/mol. The summed E-state index contributed by atoms with van der Waals surface area (Å²) in [5.41, 5.74) is 5.92. The summed E-state index contributed by atoms with van der Waals surface area (Å²) in [4.78, 5) is 19.5. The second kappa shape index (κ2) is 10.9. The third-order valence-corrected chi connectivity index (χ3v) is 9.90. The lowest BCUT2D eigenvalue weighted by molar-refractivity contribution is -0.122. The molecule has 6 aromatic carbocycles. The molecule has 48 heavy (non-hydrogen) atoms. The van der Waals surface area contributed by atoms with Gasteiger partial charge in [-0.05, 0) is 63.7 Å². The number of carbonyl (C=O) groups is 1. The third-order valence-electron chi connectivity index (χ3n) is 9.90. The van der Waals surface area contributed by atoms with Crippen molar-refractivity contribution in [2.45, 2.75) is 12.0 Å². The Hall–Kier alpha value is -5.73. The SMILES string of the molecule is COc1ccc(B2N=c3/c(=C4\C(=O)C(c5ccc6cccc7c6c5NB(c5ccc(OC)cc5)N7)C4O)ccc4cccc(c34)N2)cc1. The zero-order chi connectivity index (χ0) is 32.5. The molecule has 10 heteroatoms. The van der Waals surface area contributed by atoms with Crippen LogP contribution in [0.15, 0.2) is 114 Å². The van der Waals surface area contributed by atoms with Crippen LogP contribution in [0.5, 0.6) is 11.5 Å². The van der Waals surface area contributed by atoms with Gasteiger partial charge in [0.15, 0.2) is 5.78 Å². The summed E-state index contributed by atoms with van der Waals surface area (Å²) in [6.07, 6.45) is -1.00. The number of methoxy groups -OCH3 is 2. The highest BCUT2D eigenvalue weighted by molar-refractivity contribution is 6.80. The lowest BCUT2D eigenvalue weighted by Crippen LogP contribution is -2.52. The Balaban J connectivity index is 1.16. The minimum Gasteiger partial charge on any atom is -0.497 e. The number of hydrogen-bond acceptors (Lipinski definition) is 8. The Morgan fingerprint density at radius 2 is 1.31 bits per heavy atom. The minimum atomic E-state index is -1.00. The lowest BCUT2D eigenvalue weighted by Gasteiger charge is -2.38. The molecule has 0 amide bonds. The van der Waals surface area contributed by atoms with Gasteiger partial charge in [-0.2, -0.15) is 0 Å². The molecule has 0 aromatic heterocycles. The van der Waals surface area contributed by atoms with Gasteiger partial charge < -0.3 is 35.2 Å². The number of nitrogens with one attached hydrogen (secondary N) is 3. The zero-order valence-electron chi connectivity index (χ0n) is 26.3. The van der Waals surface area contributed by atoms with Crippen LogP contribution < -0.4 is 46.7 Å². The number of ether oxygens (including phenoxy) is 2. The van der Waals surface area contributed by atoms with E-state index >= 15 is 0 Å². The first-order chi connectivity index (χ1) is 23.5. The molecular formula is C38H30B2N4O4. The summed E-state index contributed by atoms with van der Waals surface area (Å²) in [5, 5.41) is 28.1. The van der Waals surface area contributed by atoms with Crippen LogP contribution in [0.1, 0.15) is 11.5 Å². The molecule has 1 saturated carbocycles. The number of benzene rings is 6. The summed E-state index contributed by atoms with van der Waals surface area (Å²) in [6, 6.07) is 35.9. The normalized spacial score (nSPS) is 18.8. The number of Topliss-reactive ketones (excluding diaryl/α,β-unsaturated/α-hetero) is 1. The average Bonchev–Trinajstić information content (AvgIpc) is 3.13. The van der Waals surface area contributed by atoms with E-state index in [4.69, 9.17) is 14.4 Å². The minimum absolute atomic E-state index is 0.0975. The lowest BCUT2D eigenvalue weighted by atomic mass is 9.64. The molecule has 2 unspecified atom stereocenters. The summed E-state index contributed by atoms with van der Waals surface area (Å²) in [6.45, 7) is -0.607. The van der Waals surface area contributed by atoms with Gasteiger partial charge in [-0.1, -0.05) is 72.8 Å². The maximum atomic E-state index is 14.3. The standard InChI is InChI=1S/C38H30B2N4O4/c1-47-25-15-11-23(12-16-25)39-41-29-7-3-5-21-9-19-27(35(43-39)31(21)29)33-37(45)34(38(33)46)28-20-10-22-6-4-8-30-32(22)36(28)44-40(42-30)24-13-17-26(48-2)18-14-24/h3-20,33,37,41-43,45H,1-2H3/b34-28-. The molecule has 0 saturated heterocycles. The third kappa shape index (κ3) is 4.29. The molecule has 0 spiro atoms. The van der Waals surface area contributed by atoms with Crippen molar-refractivity contribution in [1.82, 2.24) is 0 Å². The molecule has 0 radical (unpaired) electrons. The van der Waals surface area contributed by atoms with E-state index < -0.39 is 12.0 Å². The summed E-state index contributed by atoms with van der Waals surface area (Å²) in [7, 11) is 3.29. The number of hydrogen-bond donors (Lipinski definition) is 4. The second-order valence-electron chi connectivity index (χ2n) is 12.4. The van der Waals surface area contributed by atoms with Crippen molar-refractivity contribution in [2.75, 3.05) is 29.9 Å². The Morgan fingerprint density at radius 3 is 1.98 bits per heavy atom. The maximum Gasteiger partial charge on any atom is 0.427 e.